The van der Waals surface area contributed by atoms with Gasteiger partial charge >= 0.3 is 0 Å². The number of benzene rings is 1. The second kappa shape index (κ2) is 4.95. The zero-order valence-corrected chi connectivity index (χ0v) is 9.36. The predicted molar refractivity (Wildman–Crippen MR) is 60.7 cm³/mol. The maximum absolute atomic E-state index is 12.8. The van der Waals surface area contributed by atoms with E-state index in [1.807, 2.05) is 0 Å². The molecule has 3 heteroatoms. The predicted octanol–water partition coefficient (Wildman–Crippen LogP) is 3.02. The van der Waals surface area contributed by atoms with Crippen LogP contribution in [0.5, 0.6) is 0 Å². The average molecular weight is 228 g/mol. The van der Waals surface area contributed by atoms with Crippen molar-refractivity contribution in [3.05, 3.63) is 34.6 Å². The van der Waals surface area contributed by atoms with E-state index in [-0.39, 0.29) is 5.82 Å². The standard InChI is InChI=1S/C12H15ClFN/c13-12-8-11(14)2-1-10(12)7-9-3-5-15-6-4-9/h1-2,8-9,15H,3-7H2. The van der Waals surface area contributed by atoms with Crippen molar-refractivity contribution in [1.82, 2.24) is 5.32 Å². The lowest BCUT2D eigenvalue weighted by Crippen LogP contribution is -2.28. The second-order valence-electron chi connectivity index (χ2n) is 4.13. The van der Waals surface area contributed by atoms with Crippen molar-refractivity contribution < 1.29 is 4.39 Å². The highest BCUT2D eigenvalue weighted by Crippen LogP contribution is 2.24. The molecule has 1 heterocycles. The van der Waals surface area contributed by atoms with Crippen LogP contribution in [0.15, 0.2) is 18.2 Å². The van der Waals surface area contributed by atoms with Crippen LogP contribution in [0.25, 0.3) is 0 Å². The van der Waals surface area contributed by atoms with Crippen molar-refractivity contribution in [3.8, 4) is 0 Å². The molecule has 0 radical (unpaired) electrons. The maximum atomic E-state index is 12.8. The number of nitrogens with one attached hydrogen (secondary N) is 1. The summed E-state index contributed by atoms with van der Waals surface area (Å²) in [6.45, 7) is 2.17. The van der Waals surface area contributed by atoms with Crippen molar-refractivity contribution >= 4 is 11.6 Å². The molecule has 1 aromatic carbocycles. The van der Waals surface area contributed by atoms with Crippen LogP contribution in [0.1, 0.15) is 18.4 Å². The third kappa shape index (κ3) is 2.93. The van der Waals surface area contributed by atoms with Crippen LogP contribution in [-0.4, -0.2) is 13.1 Å². The summed E-state index contributed by atoms with van der Waals surface area (Å²) in [5.41, 5.74) is 1.07. The minimum atomic E-state index is -0.255. The molecule has 0 spiro atoms. The first-order valence-corrected chi connectivity index (χ1v) is 5.78. The summed E-state index contributed by atoms with van der Waals surface area (Å²) < 4.78 is 12.8. The van der Waals surface area contributed by atoms with Gasteiger partial charge in [0, 0.05) is 5.02 Å². The Bertz CT molecular complexity index is 334. The molecule has 1 N–H and O–H groups in total. The summed E-state index contributed by atoms with van der Waals surface area (Å²) in [7, 11) is 0. The molecule has 1 saturated heterocycles. The molecule has 0 atom stereocenters. The highest BCUT2D eigenvalue weighted by atomic mass is 35.5. The Labute approximate surface area is 94.6 Å². The van der Waals surface area contributed by atoms with E-state index >= 15 is 0 Å². The Hall–Kier alpha value is -0.600. The van der Waals surface area contributed by atoms with Crippen molar-refractivity contribution in [1.29, 1.82) is 0 Å². The van der Waals surface area contributed by atoms with Gasteiger partial charge in [-0.25, -0.2) is 4.39 Å². The largest absolute Gasteiger partial charge is 0.317 e. The molecular formula is C12H15ClFN. The molecule has 0 amide bonds. The Morgan fingerprint density at radius 1 is 1.33 bits per heavy atom. The highest BCUT2D eigenvalue weighted by molar-refractivity contribution is 6.31. The van der Waals surface area contributed by atoms with Gasteiger partial charge in [-0.05, 0) is 56.0 Å². The Morgan fingerprint density at radius 3 is 2.73 bits per heavy atom. The lowest BCUT2D eigenvalue weighted by Gasteiger charge is -2.22. The normalized spacial score (nSPS) is 18.0. The maximum Gasteiger partial charge on any atom is 0.124 e. The summed E-state index contributed by atoms with van der Waals surface area (Å²) in [5.74, 6) is 0.434. The first kappa shape index (κ1) is 10.9. The fraction of sp³-hybridized carbons (Fsp3) is 0.500. The van der Waals surface area contributed by atoms with Crippen molar-refractivity contribution in [3.63, 3.8) is 0 Å². The van der Waals surface area contributed by atoms with E-state index in [2.05, 4.69) is 5.32 Å². The Kier molecular flexibility index (Phi) is 3.60. The SMILES string of the molecule is Fc1ccc(CC2CCNCC2)c(Cl)c1. The van der Waals surface area contributed by atoms with E-state index in [9.17, 15) is 4.39 Å². The molecule has 0 saturated carbocycles. The van der Waals surface area contributed by atoms with Gasteiger partial charge in [0.25, 0.3) is 0 Å². The first-order valence-electron chi connectivity index (χ1n) is 5.40. The molecule has 15 heavy (non-hydrogen) atoms. The zero-order valence-electron chi connectivity index (χ0n) is 8.60. The summed E-state index contributed by atoms with van der Waals surface area (Å²) in [6, 6.07) is 4.69. The van der Waals surface area contributed by atoms with Crippen LogP contribution in [0.2, 0.25) is 5.02 Å². The van der Waals surface area contributed by atoms with E-state index in [0.29, 0.717) is 10.9 Å². The molecule has 82 valence electrons. The fourth-order valence-electron chi connectivity index (χ4n) is 2.08. The van der Waals surface area contributed by atoms with E-state index in [0.717, 1.165) is 25.1 Å². The summed E-state index contributed by atoms with van der Waals surface area (Å²) in [4.78, 5) is 0. The van der Waals surface area contributed by atoms with Crippen LogP contribution in [0.4, 0.5) is 4.39 Å². The van der Waals surface area contributed by atoms with Crippen LogP contribution < -0.4 is 5.32 Å². The van der Waals surface area contributed by atoms with Gasteiger partial charge in [0.1, 0.15) is 5.82 Å². The molecule has 0 unspecified atom stereocenters. The lowest BCUT2D eigenvalue weighted by atomic mass is 9.91. The second-order valence-corrected chi connectivity index (χ2v) is 4.54. The molecular weight excluding hydrogens is 213 g/mol. The quantitative estimate of drug-likeness (QED) is 0.819. The van der Waals surface area contributed by atoms with Gasteiger partial charge in [-0.2, -0.15) is 0 Å². The Morgan fingerprint density at radius 2 is 2.07 bits per heavy atom. The molecule has 1 nitrogen and oxygen atoms in total. The topological polar surface area (TPSA) is 12.0 Å². The molecule has 0 bridgehead atoms. The van der Waals surface area contributed by atoms with Crippen LogP contribution in [-0.2, 0) is 6.42 Å². The van der Waals surface area contributed by atoms with Crippen molar-refractivity contribution in [2.75, 3.05) is 13.1 Å². The monoisotopic (exact) mass is 227 g/mol. The molecule has 2 rings (SSSR count). The zero-order chi connectivity index (χ0) is 10.7. The van der Waals surface area contributed by atoms with Gasteiger partial charge in [-0.3, -0.25) is 0 Å². The van der Waals surface area contributed by atoms with Crippen LogP contribution in [0.3, 0.4) is 0 Å². The van der Waals surface area contributed by atoms with Crippen LogP contribution >= 0.6 is 11.6 Å². The number of hydrogen-bond donors (Lipinski definition) is 1. The summed E-state index contributed by atoms with van der Waals surface area (Å²) >= 11 is 5.99. The number of hydrogen-bond acceptors (Lipinski definition) is 1. The smallest absolute Gasteiger partial charge is 0.124 e. The third-order valence-electron chi connectivity index (χ3n) is 2.98. The van der Waals surface area contributed by atoms with Crippen LogP contribution in [0, 0.1) is 11.7 Å². The van der Waals surface area contributed by atoms with Gasteiger partial charge < -0.3 is 5.32 Å². The van der Waals surface area contributed by atoms with E-state index in [1.165, 1.54) is 25.0 Å². The van der Waals surface area contributed by atoms with Gasteiger partial charge in [-0.1, -0.05) is 17.7 Å². The van der Waals surface area contributed by atoms with Gasteiger partial charge in [0.2, 0.25) is 0 Å². The van der Waals surface area contributed by atoms with Gasteiger partial charge in [-0.15, -0.1) is 0 Å². The van der Waals surface area contributed by atoms with Crippen molar-refractivity contribution in [2.45, 2.75) is 19.3 Å². The molecule has 1 aliphatic rings. The minimum absolute atomic E-state index is 0.255. The van der Waals surface area contributed by atoms with Gasteiger partial charge in [0.15, 0.2) is 0 Å². The van der Waals surface area contributed by atoms with Gasteiger partial charge in [0.05, 0.1) is 0 Å². The first-order chi connectivity index (χ1) is 7.25. The fourth-order valence-corrected chi connectivity index (χ4v) is 2.33. The number of halogens is 2. The molecule has 0 aromatic heterocycles. The summed E-state index contributed by atoms with van der Waals surface area (Å²) in [5, 5.41) is 3.89. The average Bonchev–Trinajstić information content (AvgIpc) is 2.24. The molecule has 0 aliphatic carbocycles. The van der Waals surface area contributed by atoms with E-state index in [4.69, 9.17) is 11.6 Å². The van der Waals surface area contributed by atoms with E-state index in [1.54, 1.807) is 6.07 Å². The minimum Gasteiger partial charge on any atom is -0.317 e. The molecule has 1 aliphatic heterocycles. The summed E-state index contributed by atoms with van der Waals surface area (Å²) in [6.07, 6.45) is 3.35. The third-order valence-corrected chi connectivity index (χ3v) is 3.33. The molecule has 1 aromatic rings. The Balaban J connectivity index is 2.03. The van der Waals surface area contributed by atoms with E-state index < -0.39 is 0 Å². The lowest BCUT2D eigenvalue weighted by molar-refractivity contribution is 0.372. The molecule has 1 fully saturated rings. The number of rotatable bonds is 2. The number of piperidine rings is 1. The van der Waals surface area contributed by atoms with Crippen molar-refractivity contribution in [2.24, 2.45) is 5.92 Å². The highest BCUT2D eigenvalue weighted by Gasteiger charge is 2.14.